The van der Waals surface area contributed by atoms with Crippen LogP contribution in [0.4, 0.5) is 4.39 Å². The van der Waals surface area contributed by atoms with Gasteiger partial charge in [0.05, 0.1) is 11.0 Å². The van der Waals surface area contributed by atoms with Crippen LogP contribution in [-0.2, 0) is 21.4 Å². The Bertz CT molecular complexity index is 1260. The van der Waals surface area contributed by atoms with Gasteiger partial charge >= 0.3 is 5.97 Å². The first-order chi connectivity index (χ1) is 15.3. The molecule has 32 heavy (non-hydrogen) atoms. The fraction of sp³-hybridized carbons (Fsp3) is 0.273. The van der Waals surface area contributed by atoms with Gasteiger partial charge in [-0.05, 0) is 36.1 Å². The molecule has 0 radical (unpaired) electrons. The third kappa shape index (κ3) is 5.20. The highest BCUT2D eigenvalue weighted by atomic mass is 32.2. The van der Waals surface area contributed by atoms with Gasteiger partial charge in [-0.1, -0.05) is 42.1 Å². The van der Waals surface area contributed by atoms with Crippen molar-refractivity contribution in [2.24, 2.45) is 5.92 Å². The number of imidazole rings is 1. The van der Waals surface area contributed by atoms with Crippen molar-refractivity contribution in [3.8, 4) is 0 Å². The summed E-state index contributed by atoms with van der Waals surface area (Å²) < 4.78 is 41.9. The van der Waals surface area contributed by atoms with Crippen molar-refractivity contribution in [2.45, 2.75) is 18.1 Å². The Labute approximate surface area is 189 Å². The highest BCUT2D eigenvalue weighted by Gasteiger charge is 2.30. The summed E-state index contributed by atoms with van der Waals surface area (Å²) in [5.41, 5.74) is 1.77. The molecule has 4 rings (SSSR count). The minimum atomic E-state index is -3.52. The molecule has 0 aliphatic carbocycles. The molecule has 1 N–H and O–H groups in total. The van der Waals surface area contributed by atoms with Crippen molar-refractivity contribution in [3.05, 3.63) is 65.3 Å². The van der Waals surface area contributed by atoms with Gasteiger partial charge in [0, 0.05) is 30.3 Å². The molecule has 2 aromatic carbocycles. The summed E-state index contributed by atoms with van der Waals surface area (Å²) in [5.74, 6) is -0.761. The van der Waals surface area contributed by atoms with E-state index in [2.05, 4.69) is 4.98 Å². The Kier molecular flexibility index (Phi) is 6.63. The number of benzene rings is 2. The zero-order valence-corrected chi connectivity index (χ0v) is 18.7. The number of thioether (sulfide) groups is 1. The summed E-state index contributed by atoms with van der Waals surface area (Å²) in [6.07, 6.45) is 2.30. The molecule has 0 saturated carbocycles. The van der Waals surface area contributed by atoms with E-state index >= 15 is 0 Å². The fourth-order valence-electron chi connectivity index (χ4n) is 3.65. The van der Waals surface area contributed by atoms with E-state index in [-0.39, 0.29) is 12.5 Å². The zero-order valence-electron chi connectivity index (χ0n) is 17.1. The summed E-state index contributed by atoms with van der Waals surface area (Å²) in [6.45, 7) is 0.547. The Morgan fingerprint density at radius 1 is 1.25 bits per heavy atom. The Morgan fingerprint density at radius 3 is 2.78 bits per heavy atom. The first-order valence-electron chi connectivity index (χ1n) is 10.1. The molecule has 7 nitrogen and oxygen atoms in total. The van der Waals surface area contributed by atoms with E-state index in [4.69, 9.17) is 0 Å². The summed E-state index contributed by atoms with van der Waals surface area (Å²) in [6, 6.07) is 13.3. The van der Waals surface area contributed by atoms with E-state index < -0.39 is 21.8 Å². The SMILES string of the molecule is O=C(O)Cn1c(SCC2CCN(S(=O)(=O)/C=C/c3ccccc3)C2)nc2cc(F)ccc21. The van der Waals surface area contributed by atoms with Gasteiger partial charge in [-0.25, -0.2) is 17.8 Å². The molecular formula is C22H22FN3O4S2. The Balaban J connectivity index is 1.43. The molecular weight excluding hydrogens is 453 g/mol. The van der Waals surface area contributed by atoms with Crippen molar-refractivity contribution >= 4 is 44.9 Å². The number of nitrogens with zero attached hydrogens (tertiary/aromatic N) is 3. The van der Waals surface area contributed by atoms with Crippen LogP contribution in [0.1, 0.15) is 12.0 Å². The molecule has 2 heterocycles. The summed E-state index contributed by atoms with van der Waals surface area (Å²) in [7, 11) is -3.52. The largest absolute Gasteiger partial charge is 0.480 e. The molecule has 10 heteroatoms. The predicted octanol–water partition coefficient (Wildman–Crippen LogP) is 3.67. The molecule has 1 saturated heterocycles. The number of halogens is 1. The number of carboxylic acid groups (broad SMARTS) is 1. The summed E-state index contributed by atoms with van der Waals surface area (Å²) in [4.78, 5) is 15.7. The topological polar surface area (TPSA) is 92.5 Å². The number of carboxylic acids is 1. The van der Waals surface area contributed by atoms with Gasteiger partial charge in [-0.3, -0.25) is 4.79 Å². The van der Waals surface area contributed by atoms with Crippen molar-refractivity contribution in [1.29, 1.82) is 0 Å². The maximum Gasteiger partial charge on any atom is 0.323 e. The number of hydrogen-bond donors (Lipinski definition) is 1. The van der Waals surface area contributed by atoms with Gasteiger partial charge in [-0.2, -0.15) is 4.31 Å². The quantitative estimate of drug-likeness (QED) is 0.500. The second kappa shape index (κ2) is 9.43. The van der Waals surface area contributed by atoms with Crippen LogP contribution in [0.2, 0.25) is 0 Å². The van der Waals surface area contributed by atoms with Gasteiger partial charge in [0.2, 0.25) is 10.0 Å². The second-order valence-corrected chi connectivity index (χ2v) is 10.4. The first-order valence-corrected chi connectivity index (χ1v) is 12.5. The minimum Gasteiger partial charge on any atom is -0.480 e. The Hall–Kier alpha value is -2.69. The van der Waals surface area contributed by atoms with Crippen molar-refractivity contribution in [2.75, 3.05) is 18.8 Å². The summed E-state index contributed by atoms with van der Waals surface area (Å²) in [5, 5.41) is 11.0. The van der Waals surface area contributed by atoms with E-state index in [0.29, 0.717) is 41.5 Å². The normalized spacial score (nSPS) is 17.5. The lowest BCUT2D eigenvalue weighted by Crippen LogP contribution is -2.27. The molecule has 0 bridgehead atoms. The maximum atomic E-state index is 13.6. The number of aliphatic carboxylic acids is 1. The van der Waals surface area contributed by atoms with Crippen LogP contribution in [0.3, 0.4) is 0 Å². The van der Waals surface area contributed by atoms with E-state index in [1.165, 1.54) is 39.7 Å². The van der Waals surface area contributed by atoms with Crippen LogP contribution >= 0.6 is 11.8 Å². The molecule has 168 valence electrons. The molecule has 0 spiro atoms. The van der Waals surface area contributed by atoms with Crippen LogP contribution < -0.4 is 0 Å². The molecule has 1 atom stereocenters. The van der Waals surface area contributed by atoms with E-state index in [1.807, 2.05) is 30.3 Å². The van der Waals surface area contributed by atoms with Crippen LogP contribution in [0.15, 0.2) is 59.1 Å². The lowest BCUT2D eigenvalue weighted by atomic mass is 10.2. The van der Waals surface area contributed by atoms with Crippen molar-refractivity contribution in [1.82, 2.24) is 13.9 Å². The number of hydrogen-bond acceptors (Lipinski definition) is 5. The third-order valence-electron chi connectivity index (χ3n) is 5.26. The van der Waals surface area contributed by atoms with Gasteiger partial charge in [-0.15, -0.1) is 0 Å². The lowest BCUT2D eigenvalue weighted by Gasteiger charge is -2.14. The molecule has 1 unspecified atom stereocenters. The molecule has 3 aromatic rings. The number of carbonyl (C=O) groups is 1. The van der Waals surface area contributed by atoms with Crippen LogP contribution in [0.25, 0.3) is 17.1 Å². The molecule has 0 amide bonds. The minimum absolute atomic E-state index is 0.106. The molecule has 1 aromatic heterocycles. The van der Waals surface area contributed by atoms with Crippen LogP contribution in [-0.4, -0.2) is 52.2 Å². The number of sulfonamides is 1. The zero-order chi connectivity index (χ0) is 22.7. The van der Waals surface area contributed by atoms with Crippen molar-refractivity contribution < 1.29 is 22.7 Å². The van der Waals surface area contributed by atoms with Gasteiger partial charge < -0.3 is 9.67 Å². The van der Waals surface area contributed by atoms with E-state index in [1.54, 1.807) is 10.6 Å². The Morgan fingerprint density at radius 2 is 2.03 bits per heavy atom. The smallest absolute Gasteiger partial charge is 0.323 e. The summed E-state index contributed by atoms with van der Waals surface area (Å²) >= 11 is 1.37. The van der Waals surface area contributed by atoms with Crippen LogP contribution in [0, 0.1) is 11.7 Å². The van der Waals surface area contributed by atoms with Crippen molar-refractivity contribution in [3.63, 3.8) is 0 Å². The van der Waals surface area contributed by atoms with Gasteiger partial charge in [0.1, 0.15) is 12.4 Å². The van der Waals surface area contributed by atoms with Gasteiger partial charge in [0.25, 0.3) is 0 Å². The maximum absolute atomic E-state index is 13.6. The highest BCUT2D eigenvalue weighted by Crippen LogP contribution is 2.30. The number of aromatic nitrogens is 2. The number of rotatable bonds is 8. The second-order valence-electron chi connectivity index (χ2n) is 7.59. The fourth-order valence-corrected chi connectivity index (χ4v) is 6.07. The molecule has 1 aliphatic rings. The lowest BCUT2D eigenvalue weighted by molar-refractivity contribution is -0.137. The van der Waals surface area contributed by atoms with Gasteiger partial charge in [0.15, 0.2) is 5.16 Å². The average molecular weight is 476 g/mol. The van der Waals surface area contributed by atoms with Crippen LogP contribution in [0.5, 0.6) is 0 Å². The van der Waals surface area contributed by atoms with E-state index in [9.17, 15) is 22.7 Å². The van der Waals surface area contributed by atoms with E-state index in [0.717, 1.165) is 5.56 Å². The monoisotopic (exact) mass is 475 g/mol. The standard InChI is InChI=1S/C22H22FN3O4S2/c23-18-6-7-20-19(12-18)24-22(26(20)14-21(27)28)31-15-17-8-10-25(13-17)32(29,30)11-9-16-4-2-1-3-5-16/h1-7,9,11-12,17H,8,10,13-15H2,(H,27,28)/b11-9+. The molecule has 1 aliphatic heterocycles. The molecule has 1 fully saturated rings. The first kappa shape index (κ1) is 22.5. The number of fused-ring (bicyclic) bond motifs is 1. The average Bonchev–Trinajstić information content (AvgIpc) is 3.36. The predicted molar refractivity (Wildman–Crippen MR) is 122 cm³/mol. The highest BCUT2D eigenvalue weighted by molar-refractivity contribution is 7.99. The third-order valence-corrected chi connectivity index (χ3v) is 8.00.